The summed E-state index contributed by atoms with van der Waals surface area (Å²) in [6.45, 7) is 4.77. The van der Waals surface area contributed by atoms with Gasteiger partial charge in [-0.15, -0.1) is 0 Å². The topological polar surface area (TPSA) is 99.4 Å². The standard InChI is InChI=1S/C20H23N7O2/c1-25-17-5-3-2-4-15(17)16(23-25)10-26-11-20(12-26)6-7-27(13-20)19-21-8-14(9-22-19)18(28)24-29/h2-5,8-9,29H,6-7,10-13H2,1H3,(H,24,28). The number of anilines is 1. The van der Waals surface area contributed by atoms with Gasteiger partial charge in [0.25, 0.3) is 5.91 Å². The van der Waals surface area contributed by atoms with Crippen LogP contribution < -0.4 is 10.4 Å². The summed E-state index contributed by atoms with van der Waals surface area (Å²) in [6.07, 6.45) is 3.99. The maximum atomic E-state index is 11.4. The summed E-state index contributed by atoms with van der Waals surface area (Å²) < 4.78 is 1.95. The van der Waals surface area contributed by atoms with Gasteiger partial charge in [-0.05, 0) is 12.5 Å². The SMILES string of the molecule is Cn1nc(CN2CC3(CCN(c4ncc(C(=O)NO)cn4)C3)C2)c2ccccc21. The van der Waals surface area contributed by atoms with Crippen LogP contribution in [0.25, 0.3) is 10.9 Å². The Balaban J connectivity index is 1.22. The van der Waals surface area contributed by atoms with E-state index in [-0.39, 0.29) is 11.0 Å². The highest BCUT2D eigenvalue weighted by Gasteiger charge is 2.48. The quantitative estimate of drug-likeness (QED) is 0.507. The second-order valence-corrected chi connectivity index (χ2v) is 8.12. The molecule has 0 saturated carbocycles. The second-order valence-electron chi connectivity index (χ2n) is 8.12. The molecule has 0 radical (unpaired) electrons. The van der Waals surface area contributed by atoms with Crippen LogP contribution in [0.1, 0.15) is 22.5 Å². The van der Waals surface area contributed by atoms with Crippen molar-refractivity contribution in [1.82, 2.24) is 30.1 Å². The number of hydrogen-bond acceptors (Lipinski definition) is 7. The van der Waals surface area contributed by atoms with Crippen molar-refractivity contribution >= 4 is 22.8 Å². The summed E-state index contributed by atoms with van der Waals surface area (Å²) in [5.74, 6) is 0.0247. The first-order valence-electron chi connectivity index (χ1n) is 9.71. The van der Waals surface area contributed by atoms with Gasteiger partial charge in [-0.2, -0.15) is 5.10 Å². The number of nitrogens with one attached hydrogen (secondary N) is 1. The molecule has 5 rings (SSSR count). The zero-order valence-electron chi connectivity index (χ0n) is 16.2. The van der Waals surface area contributed by atoms with Gasteiger partial charge in [0.1, 0.15) is 0 Å². The first kappa shape index (κ1) is 18.0. The van der Waals surface area contributed by atoms with Gasteiger partial charge < -0.3 is 4.90 Å². The van der Waals surface area contributed by atoms with Gasteiger partial charge >= 0.3 is 0 Å². The number of nitrogens with zero attached hydrogens (tertiary/aromatic N) is 6. The van der Waals surface area contributed by atoms with Crippen molar-refractivity contribution < 1.29 is 10.0 Å². The number of aromatic nitrogens is 4. The largest absolute Gasteiger partial charge is 0.340 e. The number of carbonyl (C=O) groups is 1. The number of carbonyl (C=O) groups excluding carboxylic acids is 1. The Labute approximate surface area is 167 Å². The Bertz CT molecular complexity index is 1060. The van der Waals surface area contributed by atoms with E-state index in [2.05, 4.69) is 38.0 Å². The third-order valence-electron chi connectivity index (χ3n) is 6.05. The van der Waals surface area contributed by atoms with Crippen LogP contribution in [0.5, 0.6) is 0 Å². The van der Waals surface area contributed by atoms with Crippen LogP contribution in [-0.2, 0) is 13.6 Å². The molecule has 150 valence electrons. The lowest BCUT2D eigenvalue weighted by molar-refractivity contribution is 0.0109. The monoisotopic (exact) mass is 393 g/mol. The van der Waals surface area contributed by atoms with Crippen LogP contribution in [0.3, 0.4) is 0 Å². The van der Waals surface area contributed by atoms with Crippen molar-refractivity contribution in [3.63, 3.8) is 0 Å². The second kappa shape index (κ2) is 6.78. The van der Waals surface area contributed by atoms with Crippen LogP contribution in [0.2, 0.25) is 0 Å². The first-order valence-corrected chi connectivity index (χ1v) is 9.71. The number of amides is 1. The summed E-state index contributed by atoms with van der Waals surface area (Å²) in [6, 6.07) is 8.36. The molecule has 9 nitrogen and oxygen atoms in total. The molecule has 0 aliphatic carbocycles. The number of aryl methyl sites for hydroxylation is 1. The van der Waals surface area contributed by atoms with E-state index >= 15 is 0 Å². The highest BCUT2D eigenvalue weighted by atomic mass is 16.5. The van der Waals surface area contributed by atoms with E-state index in [4.69, 9.17) is 10.3 Å². The maximum absolute atomic E-state index is 11.4. The Morgan fingerprint density at radius 2 is 1.97 bits per heavy atom. The Hall–Kier alpha value is -3.04. The fraction of sp³-hybridized carbons (Fsp3) is 0.400. The van der Waals surface area contributed by atoms with E-state index in [0.29, 0.717) is 5.95 Å². The fourth-order valence-corrected chi connectivity index (χ4v) is 4.66. The van der Waals surface area contributed by atoms with E-state index in [1.165, 1.54) is 23.3 Å². The van der Waals surface area contributed by atoms with Gasteiger partial charge in [0, 0.05) is 63.0 Å². The Kier molecular flexibility index (Phi) is 4.21. The summed E-state index contributed by atoms with van der Waals surface area (Å²) >= 11 is 0. The number of rotatable bonds is 4. The number of benzene rings is 1. The van der Waals surface area contributed by atoms with Crippen molar-refractivity contribution in [3.8, 4) is 0 Å². The first-order chi connectivity index (χ1) is 14.1. The number of hydrogen-bond donors (Lipinski definition) is 2. The average molecular weight is 393 g/mol. The molecule has 1 aromatic carbocycles. The molecular formula is C20H23N7O2. The molecule has 2 aliphatic heterocycles. The van der Waals surface area contributed by atoms with Crippen LogP contribution in [0.4, 0.5) is 5.95 Å². The minimum atomic E-state index is -0.605. The van der Waals surface area contributed by atoms with Gasteiger partial charge in [0.05, 0.1) is 16.8 Å². The molecule has 29 heavy (non-hydrogen) atoms. The number of fused-ring (bicyclic) bond motifs is 1. The molecule has 3 aromatic rings. The van der Waals surface area contributed by atoms with Crippen LogP contribution in [-0.4, -0.2) is 61.9 Å². The predicted octanol–water partition coefficient (Wildman–Crippen LogP) is 1.19. The molecule has 0 bridgehead atoms. The predicted molar refractivity (Wildman–Crippen MR) is 107 cm³/mol. The molecular weight excluding hydrogens is 370 g/mol. The molecule has 0 unspecified atom stereocenters. The molecule has 4 heterocycles. The van der Waals surface area contributed by atoms with E-state index in [1.807, 2.05) is 17.8 Å². The van der Waals surface area contributed by atoms with Crippen LogP contribution >= 0.6 is 0 Å². The molecule has 2 fully saturated rings. The molecule has 2 aliphatic rings. The zero-order chi connectivity index (χ0) is 20.0. The number of hydroxylamine groups is 1. The summed E-state index contributed by atoms with van der Waals surface area (Å²) in [5, 5.41) is 14.6. The van der Waals surface area contributed by atoms with Gasteiger partial charge in [-0.3, -0.25) is 19.6 Å². The number of likely N-dealkylation sites (tertiary alicyclic amines) is 1. The molecule has 9 heteroatoms. The van der Waals surface area contributed by atoms with Crippen molar-refractivity contribution in [3.05, 3.63) is 47.9 Å². The van der Waals surface area contributed by atoms with Crippen molar-refractivity contribution in [2.45, 2.75) is 13.0 Å². The smallest absolute Gasteiger partial charge is 0.277 e. The van der Waals surface area contributed by atoms with E-state index in [0.717, 1.165) is 44.8 Å². The third-order valence-corrected chi connectivity index (χ3v) is 6.05. The molecule has 1 amide bonds. The molecule has 0 atom stereocenters. The van der Waals surface area contributed by atoms with Crippen LogP contribution in [0, 0.1) is 5.41 Å². The lowest BCUT2D eigenvalue weighted by Gasteiger charge is -2.47. The zero-order valence-corrected chi connectivity index (χ0v) is 16.2. The minimum absolute atomic E-state index is 0.238. The van der Waals surface area contributed by atoms with E-state index in [9.17, 15) is 4.79 Å². The van der Waals surface area contributed by atoms with E-state index in [1.54, 1.807) is 5.48 Å². The molecule has 2 aromatic heterocycles. The fourth-order valence-electron chi connectivity index (χ4n) is 4.66. The molecule has 2 saturated heterocycles. The van der Waals surface area contributed by atoms with Crippen molar-refractivity contribution in [2.75, 3.05) is 31.1 Å². The van der Waals surface area contributed by atoms with Gasteiger partial charge in [0.15, 0.2) is 0 Å². The van der Waals surface area contributed by atoms with Crippen LogP contribution in [0.15, 0.2) is 36.7 Å². The lowest BCUT2D eigenvalue weighted by Crippen LogP contribution is -2.57. The van der Waals surface area contributed by atoms with Gasteiger partial charge in [-0.1, -0.05) is 18.2 Å². The van der Waals surface area contributed by atoms with Gasteiger partial charge in [-0.25, -0.2) is 15.4 Å². The highest BCUT2D eigenvalue weighted by Crippen LogP contribution is 2.41. The Morgan fingerprint density at radius 3 is 2.72 bits per heavy atom. The third kappa shape index (κ3) is 3.12. The van der Waals surface area contributed by atoms with Crippen molar-refractivity contribution in [1.29, 1.82) is 0 Å². The van der Waals surface area contributed by atoms with E-state index < -0.39 is 5.91 Å². The Morgan fingerprint density at radius 1 is 1.21 bits per heavy atom. The van der Waals surface area contributed by atoms with Gasteiger partial charge in [0.2, 0.25) is 5.95 Å². The summed E-state index contributed by atoms with van der Waals surface area (Å²) in [7, 11) is 1.99. The normalized spacial score (nSPS) is 18.3. The average Bonchev–Trinajstić information content (AvgIpc) is 3.30. The number of para-hydroxylation sites is 1. The lowest BCUT2D eigenvalue weighted by atomic mass is 9.79. The summed E-state index contributed by atoms with van der Waals surface area (Å²) in [4.78, 5) is 24.6. The highest BCUT2D eigenvalue weighted by molar-refractivity contribution is 5.92. The minimum Gasteiger partial charge on any atom is -0.340 e. The maximum Gasteiger partial charge on any atom is 0.277 e. The molecule has 1 spiro atoms. The molecule has 2 N–H and O–H groups in total. The summed E-state index contributed by atoms with van der Waals surface area (Å²) in [5.41, 5.74) is 4.41. The van der Waals surface area contributed by atoms with Crippen molar-refractivity contribution in [2.24, 2.45) is 12.5 Å².